The van der Waals surface area contributed by atoms with Crippen LogP contribution in [0.4, 0.5) is 0 Å². The van der Waals surface area contributed by atoms with Crippen LogP contribution in [0.3, 0.4) is 0 Å². The first-order valence-electron chi connectivity index (χ1n) is 7.75. The Morgan fingerprint density at radius 2 is 2.08 bits per heavy atom. The first-order valence-corrected chi connectivity index (χ1v) is 9.19. The molecule has 3 rings (SSSR count). The number of carbonyl (C=O) groups is 1. The van der Waals surface area contributed by atoms with Crippen molar-refractivity contribution in [3.8, 4) is 0 Å². The average Bonchev–Trinajstić information content (AvgIpc) is 3.18. The number of amides is 1. The number of hydrogen-bond acceptors (Lipinski definition) is 5. The molecular weight excluding hydrogens is 332 g/mol. The van der Waals surface area contributed by atoms with Gasteiger partial charge in [-0.3, -0.25) is 9.89 Å². The number of sulfonamides is 1. The van der Waals surface area contributed by atoms with E-state index in [4.69, 9.17) is 4.42 Å². The number of H-pyrrole nitrogens is 1. The minimum atomic E-state index is -3.57. The van der Waals surface area contributed by atoms with Gasteiger partial charge in [-0.25, -0.2) is 8.42 Å². The fraction of sp³-hybridized carbons (Fsp3) is 0.467. The van der Waals surface area contributed by atoms with Gasteiger partial charge in [0.2, 0.25) is 10.0 Å². The van der Waals surface area contributed by atoms with Gasteiger partial charge in [0.25, 0.3) is 5.91 Å². The lowest BCUT2D eigenvalue weighted by molar-refractivity contribution is 0.0895. The second-order valence-corrected chi connectivity index (χ2v) is 7.77. The molecule has 0 spiro atoms. The molecule has 3 heterocycles. The van der Waals surface area contributed by atoms with Crippen molar-refractivity contribution in [2.24, 2.45) is 0 Å². The van der Waals surface area contributed by atoms with Gasteiger partial charge >= 0.3 is 0 Å². The fourth-order valence-corrected chi connectivity index (χ4v) is 4.76. The number of furan rings is 1. The first-order chi connectivity index (χ1) is 11.4. The molecule has 0 aromatic carbocycles. The van der Waals surface area contributed by atoms with Crippen LogP contribution >= 0.6 is 0 Å². The molecule has 1 amide bonds. The van der Waals surface area contributed by atoms with Crippen molar-refractivity contribution >= 4 is 15.9 Å². The number of piperidine rings is 1. The molecule has 9 heteroatoms. The topological polar surface area (TPSA) is 108 Å². The molecule has 0 bridgehead atoms. The molecule has 2 aromatic heterocycles. The maximum absolute atomic E-state index is 12.8. The number of aryl methyl sites for hydroxylation is 2. The Morgan fingerprint density at radius 3 is 2.62 bits per heavy atom. The highest BCUT2D eigenvalue weighted by Crippen LogP contribution is 2.24. The second kappa shape index (κ2) is 6.40. The summed E-state index contributed by atoms with van der Waals surface area (Å²) in [5.41, 5.74) is 1.02. The zero-order valence-electron chi connectivity index (χ0n) is 13.6. The molecule has 0 radical (unpaired) electrons. The van der Waals surface area contributed by atoms with Crippen LogP contribution < -0.4 is 5.32 Å². The van der Waals surface area contributed by atoms with E-state index in [1.165, 1.54) is 10.6 Å². The molecule has 0 atom stereocenters. The third-order valence-corrected chi connectivity index (χ3v) is 6.35. The molecule has 1 aliphatic rings. The standard InChI is InChI=1S/C15H20N4O4S/c1-10-14(11(2)18-17-10)24(21,22)19-7-5-12(6-8-19)16-15(20)13-4-3-9-23-13/h3-4,9,12H,5-8H2,1-2H3,(H,16,20)(H,17,18). The summed E-state index contributed by atoms with van der Waals surface area (Å²) in [6.07, 6.45) is 2.56. The van der Waals surface area contributed by atoms with Crippen LogP contribution in [0, 0.1) is 13.8 Å². The van der Waals surface area contributed by atoms with Gasteiger partial charge in [-0.1, -0.05) is 0 Å². The summed E-state index contributed by atoms with van der Waals surface area (Å²) in [6.45, 7) is 4.08. The van der Waals surface area contributed by atoms with Crippen molar-refractivity contribution in [1.82, 2.24) is 19.8 Å². The van der Waals surface area contributed by atoms with E-state index in [1.807, 2.05) is 0 Å². The predicted molar refractivity (Wildman–Crippen MR) is 86.0 cm³/mol. The SMILES string of the molecule is Cc1n[nH]c(C)c1S(=O)(=O)N1CCC(NC(=O)c2ccco2)CC1. The normalized spacial score (nSPS) is 17.1. The van der Waals surface area contributed by atoms with Gasteiger partial charge in [-0.05, 0) is 38.8 Å². The van der Waals surface area contributed by atoms with Crippen molar-refractivity contribution in [3.63, 3.8) is 0 Å². The number of nitrogens with one attached hydrogen (secondary N) is 2. The lowest BCUT2D eigenvalue weighted by atomic mass is 10.1. The molecule has 1 fully saturated rings. The highest BCUT2D eigenvalue weighted by molar-refractivity contribution is 7.89. The largest absolute Gasteiger partial charge is 0.459 e. The second-order valence-electron chi connectivity index (χ2n) is 5.89. The highest BCUT2D eigenvalue weighted by atomic mass is 32.2. The number of aromatic amines is 1. The molecular formula is C15H20N4O4S. The molecule has 2 aromatic rings. The van der Waals surface area contributed by atoms with E-state index in [1.54, 1.807) is 26.0 Å². The summed E-state index contributed by atoms with van der Waals surface area (Å²) in [6, 6.07) is 3.18. The van der Waals surface area contributed by atoms with Crippen LogP contribution in [0.1, 0.15) is 34.8 Å². The number of nitrogens with zero attached hydrogens (tertiary/aromatic N) is 2. The lowest BCUT2D eigenvalue weighted by Gasteiger charge is -2.31. The van der Waals surface area contributed by atoms with E-state index in [9.17, 15) is 13.2 Å². The summed E-state index contributed by atoms with van der Waals surface area (Å²) in [7, 11) is -3.57. The van der Waals surface area contributed by atoms with Crippen LogP contribution in [-0.4, -0.2) is 48.0 Å². The van der Waals surface area contributed by atoms with Gasteiger partial charge in [0.15, 0.2) is 5.76 Å². The maximum Gasteiger partial charge on any atom is 0.287 e. The fourth-order valence-electron chi connectivity index (χ4n) is 2.95. The first kappa shape index (κ1) is 16.7. The Balaban J connectivity index is 1.64. The van der Waals surface area contributed by atoms with Gasteiger partial charge < -0.3 is 9.73 Å². The van der Waals surface area contributed by atoms with Crippen LogP contribution in [-0.2, 0) is 10.0 Å². The Hall–Kier alpha value is -2.13. The molecule has 1 aliphatic heterocycles. The van der Waals surface area contributed by atoms with E-state index < -0.39 is 10.0 Å². The molecule has 130 valence electrons. The van der Waals surface area contributed by atoms with Crippen molar-refractivity contribution in [1.29, 1.82) is 0 Å². The van der Waals surface area contributed by atoms with Crippen LogP contribution in [0.25, 0.3) is 0 Å². The summed E-state index contributed by atoms with van der Waals surface area (Å²) in [4.78, 5) is 12.2. The number of hydrogen-bond donors (Lipinski definition) is 2. The third kappa shape index (κ3) is 3.09. The lowest BCUT2D eigenvalue weighted by Crippen LogP contribution is -2.46. The van der Waals surface area contributed by atoms with Gasteiger partial charge in [0.1, 0.15) is 4.90 Å². The summed E-state index contributed by atoms with van der Waals surface area (Å²) >= 11 is 0. The molecule has 0 unspecified atom stereocenters. The monoisotopic (exact) mass is 352 g/mol. The van der Waals surface area contributed by atoms with Crippen LogP contribution in [0.5, 0.6) is 0 Å². The van der Waals surface area contributed by atoms with Crippen molar-refractivity contribution in [3.05, 3.63) is 35.5 Å². The Morgan fingerprint density at radius 1 is 1.38 bits per heavy atom. The van der Waals surface area contributed by atoms with Gasteiger partial charge in [-0.15, -0.1) is 0 Å². The van der Waals surface area contributed by atoms with E-state index in [2.05, 4.69) is 15.5 Å². The van der Waals surface area contributed by atoms with Crippen LogP contribution in [0.15, 0.2) is 27.7 Å². The van der Waals surface area contributed by atoms with E-state index in [0.717, 1.165) is 0 Å². The van der Waals surface area contributed by atoms with Crippen molar-refractivity contribution < 1.29 is 17.6 Å². The highest BCUT2D eigenvalue weighted by Gasteiger charge is 2.33. The van der Waals surface area contributed by atoms with Crippen molar-refractivity contribution in [2.75, 3.05) is 13.1 Å². The summed E-state index contributed by atoms with van der Waals surface area (Å²) in [5.74, 6) is -0.0162. The van der Waals surface area contributed by atoms with Gasteiger partial charge in [-0.2, -0.15) is 9.40 Å². The van der Waals surface area contributed by atoms with Gasteiger partial charge in [0, 0.05) is 19.1 Å². The Kier molecular flexibility index (Phi) is 4.46. The molecule has 24 heavy (non-hydrogen) atoms. The molecule has 0 aliphatic carbocycles. The number of rotatable bonds is 4. The van der Waals surface area contributed by atoms with E-state index in [-0.39, 0.29) is 22.6 Å². The molecule has 2 N–H and O–H groups in total. The predicted octanol–water partition coefficient (Wildman–Crippen LogP) is 1.20. The average molecular weight is 352 g/mol. The summed E-state index contributed by atoms with van der Waals surface area (Å²) < 4.78 is 32.0. The quantitative estimate of drug-likeness (QED) is 0.859. The van der Waals surface area contributed by atoms with Gasteiger partial charge in [0.05, 0.1) is 17.7 Å². The Labute approximate surface area is 140 Å². The summed E-state index contributed by atoms with van der Waals surface area (Å²) in [5, 5.41) is 9.55. The zero-order valence-corrected chi connectivity index (χ0v) is 14.4. The molecule has 1 saturated heterocycles. The van der Waals surface area contributed by atoms with Crippen molar-refractivity contribution in [2.45, 2.75) is 37.6 Å². The third-order valence-electron chi connectivity index (χ3n) is 4.19. The smallest absolute Gasteiger partial charge is 0.287 e. The number of carbonyl (C=O) groups excluding carboxylic acids is 1. The molecule has 0 saturated carbocycles. The number of aromatic nitrogens is 2. The molecule has 8 nitrogen and oxygen atoms in total. The minimum Gasteiger partial charge on any atom is -0.459 e. The van der Waals surface area contributed by atoms with Crippen LogP contribution in [0.2, 0.25) is 0 Å². The maximum atomic E-state index is 12.8. The Bertz CT molecular complexity index is 798. The van der Waals surface area contributed by atoms with E-state index >= 15 is 0 Å². The zero-order chi connectivity index (χ0) is 17.3. The minimum absolute atomic E-state index is 0.0689. The van der Waals surface area contributed by atoms with E-state index in [0.29, 0.717) is 37.3 Å².